The van der Waals surface area contributed by atoms with E-state index >= 15 is 0 Å². The fourth-order valence-corrected chi connectivity index (χ4v) is 5.95. The molecule has 3 heterocycles. The van der Waals surface area contributed by atoms with Crippen molar-refractivity contribution in [3.63, 3.8) is 0 Å². The molecule has 3 aliphatic heterocycles. The number of ether oxygens (including phenoxy) is 2. The zero-order valence-electron chi connectivity index (χ0n) is 19.6. The molecule has 6 rings (SSSR count). The van der Waals surface area contributed by atoms with Crippen LogP contribution >= 0.6 is 0 Å². The Hall–Kier alpha value is -2.82. The van der Waals surface area contributed by atoms with E-state index in [-0.39, 0.29) is 5.92 Å². The largest absolute Gasteiger partial charge is 0.497 e. The van der Waals surface area contributed by atoms with Crippen molar-refractivity contribution in [2.75, 3.05) is 27.3 Å². The second kappa shape index (κ2) is 9.98. The van der Waals surface area contributed by atoms with Crippen molar-refractivity contribution in [2.45, 2.75) is 37.4 Å². The van der Waals surface area contributed by atoms with Gasteiger partial charge in [0, 0.05) is 30.1 Å². The van der Waals surface area contributed by atoms with Crippen molar-refractivity contribution in [3.8, 4) is 11.5 Å². The van der Waals surface area contributed by atoms with E-state index in [1.807, 2.05) is 18.2 Å². The Morgan fingerprint density at radius 2 is 1.58 bits per heavy atom. The molecule has 33 heavy (non-hydrogen) atoms. The van der Waals surface area contributed by atoms with Gasteiger partial charge in [0.1, 0.15) is 11.5 Å². The minimum absolute atomic E-state index is 0.277. The van der Waals surface area contributed by atoms with Gasteiger partial charge in [-0.15, -0.1) is 0 Å². The summed E-state index contributed by atoms with van der Waals surface area (Å²) < 4.78 is 11.2. The van der Waals surface area contributed by atoms with Gasteiger partial charge >= 0.3 is 0 Å². The van der Waals surface area contributed by atoms with E-state index in [0.717, 1.165) is 18.0 Å². The molecule has 3 aromatic rings. The van der Waals surface area contributed by atoms with Crippen LogP contribution in [-0.2, 0) is 6.54 Å². The van der Waals surface area contributed by atoms with E-state index in [1.54, 1.807) is 14.2 Å². The molecule has 0 radical (unpaired) electrons. The summed E-state index contributed by atoms with van der Waals surface area (Å²) >= 11 is 0. The molecule has 0 spiro atoms. The Labute approximate surface area is 197 Å². The van der Waals surface area contributed by atoms with Crippen molar-refractivity contribution < 1.29 is 9.47 Å². The van der Waals surface area contributed by atoms with Crippen LogP contribution in [0.5, 0.6) is 11.5 Å². The second-order valence-corrected chi connectivity index (χ2v) is 9.25. The lowest BCUT2D eigenvalue weighted by atomic mass is 9.70. The average molecular weight is 443 g/mol. The molecule has 1 N–H and O–H groups in total. The van der Waals surface area contributed by atoms with Crippen molar-refractivity contribution in [1.29, 1.82) is 0 Å². The number of methoxy groups -OCH3 is 2. The van der Waals surface area contributed by atoms with Gasteiger partial charge in [-0.25, -0.2) is 0 Å². The molecule has 3 aliphatic rings. The maximum absolute atomic E-state index is 5.62. The van der Waals surface area contributed by atoms with E-state index in [0.29, 0.717) is 18.0 Å². The summed E-state index contributed by atoms with van der Waals surface area (Å²) in [7, 11) is 3.50. The number of fused-ring (bicyclic) bond motifs is 3. The molecule has 0 amide bonds. The highest BCUT2D eigenvalue weighted by Gasteiger charge is 2.46. The highest BCUT2D eigenvalue weighted by atomic mass is 16.5. The summed E-state index contributed by atoms with van der Waals surface area (Å²) in [4.78, 5) is 2.72. The average Bonchev–Trinajstić information content (AvgIpc) is 2.89. The molecule has 172 valence electrons. The van der Waals surface area contributed by atoms with Gasteiger partial charge in [-0.05, 0) is 61.2 Å². The Morgan fingerprint density at radius 1 is 0.848 bits per heavy atom. The van der Waals surface area contributed by atoms with Crippen molar-refractivity contribution in [1.82, 2.24) is 10.2 Å². The van der Waals surface area contributed by atoms with Crippen LogP contribution in [0, 0.1) is 5.92 Å². The third-order valence-corrected chi connectivity index (χ3v) is 7.55. The predicted molar refractivity (Wildman–Crippen MR) is 133 cm³/mol. The second-order valence-electron chi connectivity index (χ2n) is 9.25. The normalized spacial score (nSPS) is 24.9. The van der Waals surface area contributed by atoms with Gasteiger partial charge in [-0.3, -0.25) is 4.90 Å². The van der Waals surface area contributed by atoms with Crippen LogP contribution in [0.4, 0.5) is 0 Å². The summed E-state index contributed by atoms with van der Waals surface area (Å²) in [6.45, 7) is 3.17. The summed E-state index contributed by atoms with van der Waals surface area (Å²) in [5.41, 5.74) is 3.91. The van der Waals surface area contributed by atoms with Gasteiger partial charge < -0.3 is 14.8 Å². The van der Waals surface area contributed by atoms with Crippen molar-refractivity contribution >= 4 is 0 Å². The molecule has 0 aromatic heterocycles. The molecule has 0 aliphatic carbocycles. The predicted octanol–water partition coefficient (Wildman–Crippen LogP) is 5.09. The first kappa shape index (κ1) is 22.0. The van der Waals surface area contributed by atoms with Crippen LogP contribution < -0.4 is 14.8 Å². The molecular weight excluding hydrogens is 408 g/mol. The first-order valence-electron chi connectivity index (χ1n) is 12.1. The SMILES string of the molecule is COc1cccc(C(c2ccccc2)C2C(NCc3ccccc3OC)C3CCN2CC3)c1. The summed E-state index contributed by atoms with van der Waals surface area (Å²) in [6.07, 6.45) is 2.53. The first-order valence-corrected chi connectivity index (χ1v) is 12.1. The number of benzene rings is 3. The van der Waals surface area contributed by atoms with Gasteiger partial charge in [0.05, 0.1) is 14.2 Å². The molecular formula is C29H34N2O2. The number of nitrogens with zero attached hydrogens (tertiary/aromatic N) is 1. The lowest BCUT2D eigenvalue weighted by Crippen LogP contribution is -2.64. The smallest absolute Gasteiger partial charge is 0.123 e. The Balaban J connectivity index is 1.51. The van der Waals surface area contributed by atoms with Crippen molar-refractivity contribution in [3.05, 3.63) is 95.6 Å². The fourth-order valence-electron chi connectivity index (χ4n) is 5.95. The maximum atomic E-state index is 5.62. The standard InChI is InChI=1S/C29H34N2O2/c1-32-25-13-8-12-23(19-25)27(21-9-4-3-5-10-21)29-28(22-15-17-31(29)18-16-22)30-20-24-11-6-7-14-26(24)33-2/h3-14,19,22,27-30H,15-18,20H2,1-2H3. The Morgan fingerprint density at radius 3 is 2.33 bits per heavy atom. The van der Waals surface area contributed by atoms with E-state index in [9.17, 15) is 0 Å². The van der Waals surface area contributed by atoms with Gasteiger partial charge in [-0.2, -0.15) is 0 Å². The molecule has 4 heteroatoms. The Kier molecular flexibility index (Phi) is 6.65. The molecule has 3 fully saturated rings. The summed E-state index contributed by atoms with van der Waals surface area (Å²) in [6, 6.07) is 28.8. The molecule has 3 unspecified atom stereocenters. The maximum Gasteiger partial charge on any atom is 0.123 e. The van der Waals surface area contributed by atoms with Gasteiger partial charge in [0.25, 0.3) is 0 Å². The highest BCUT2D eigenvalue weighted by molar-refractivity contribution is 5.40. The van der Waals surface area contributed by atoms with E-state index in [4.69, 9.17) is 9.47 Å². The van der Waals surface area contributed by atoms with E-state index < -0.39 is 0 Å². The van der Waals surface area contributed by atoms with E-state index in [2.05, 4.69) is 70.9 Å². The third kappa shape index (κ3) is 4.50. The van der Waals surface area contributed by atoms with Gasteiger partial charge in [0.15, 0.2) is 0 Å². The molecule has 3 aromatic carbocycles. The number of piperidine rings is 3. The summed E-state index contributed by atoms with van der Waals surface area (Å²) in [5, 5.41) is 3.99. The highest BCUT2D eigenvalue weighted by Crippen LogP contribution is 2.42. The van der Waals surface area contributed by atoms with Crippen LogP contribution in [0.2, 0.25) is 0 Å². The molecule has 3 atom stereocenters. The lowest BCUT2D eigenvalue weighted by molar-refractivity contribution is 0.00460. The van der Waals surface area contributed by atoms with Gasteiger partial charge in [-0.1, -0.05) is 60.7 Å². The third-order valence-electron chi connectivity index (χ3n) is 7.55. The number of para-hydroxylation sites is 1. The zero-order chi connectivity index (χ0) is 22.6. The molecule has 2 bridgehead atoms. The van der Waals surface area contributed by atoms with Crippen LogP contribution in [0.25, 0.3) is 0 Å². The first-order chi connectivity index (χ1) is 16.3. The molecule has 4 nitrogen and oxygen atoms in total. The minimum Gasteiger partial charge on any atom is -0.497 e. The molecule has 3 saturated heterocycles. The summed E-state index contributed by atoms with van der Waals surface area (Å²) in [5.74, 6) is 2.84. The van der Waals surface area contributed by atoms with Gasteiger partial charge in [0.2, 0.25) is 0 Å². The fraction of sp³-hybridized carbons (Fsp3) is 0.379. The van der Waals surface area contributed by atoms with Crippen LogP contribution in [-0.4, -0.2) is 44.3 Å². The number of nitrogens with one attached hydrogen (secondary N) is 1. The monoisotopic (exact) mass is 442 g/mol. The van der Waals surface area contributed by atoms with Crippen LogP contribution in [0.1, 0.15) is 35.4 Å². The number of rotatable bonds is 8. The van der Waals surface area contributed by atoms with Crippen molar-refractivity contribution in [2.24, 2.45) is 5.92 Å². The molecule has 0 saturated carbocycles. The minimum atomic E-state index is 0.277. The van der Waals surface area contributed by atoms with Crippen LogP contribution in [0.3, 0.4) is 0 Å². The lowest BCUT2D eigenvalue weighted by Gasteiger charge is -2.54. The Bertz CT molecular complexity index is 1050. The number of hydrogen-bond acceptors (Lipinski definition) is 4. The number of hydrogen-bond donors (Lipinski definition) is 1. The quantitative estimate of drug-likeness (QED) is 0.527. The van der Waals surface area contributed by atoms with Crippen LogP contribution in [0.15, 0.2) is 78.9 Å². The van der Waals surface area contributed by atoms with E-state index in [1.165, 1.54) is 42.6 Å². The zero-order valence-corrected chi connectivity index (χ0v) is 19.6. The topological polar surface area (TPSA) is 33.7 Å².